The number of carbonyl (C=O) groups is 2. The maximum Gasteiger partial charge on any atom is 0.290 e. The lowest BCUT2D eigenvalue weighted by atomic mass is 9.94. The molecule has 8 nitrogen and oxygen atoms in total. The first-order valence-electron chi connectivity index (χ1n) is 7.74. The minimum absolute atomic E-state index is 0.0257. The van der Waals surface area contributed by atoms with Crippen molar-refractivity contribution in [1.29, 1.82) is 0 Å². The summed E-state index contributed by atoms with van der Waals surface area (Å²) in [5, 5.41) is 26.0. The monoisotopic (exact) mass is 340 g/mol. The van der Waals surface area contributed by atoms with E-state index in [1.54, 1.807) is 11.0 Å². The standard InChI is InChI=1S/C15H22N2O4.CH2O2/c1-9(2)14-11(3-4-13(20)16-14)15(21)17-6-5-10(8-18)12(19)7-17;2-1-3/h3-4,9-10,12,18-19H,5-8H2,1-2H3,(H,16,20);1H,(H,2,3)/t10-,12-;/m1./s1. The topological polar surface area (TPSA) is 131 Å². The fourth-order valence-corrected chi connectivity index (χ4v) is 2.68. The third-order valence-corrected chi connectivity index (χ3v) is 4.00. The third kappa shape index (κ3) is 4.90. The molecule has 1 aromatic rings. The van der Waals surface area contributed by atoms with E-state index in [1.165, 1.54) is 6.07 Å². The van der Waals surface area contributed by atoms with Crippen LogP contribution in [0.3, 0.4) is 0 Å². The molecule has 1 saturated heterocycles. The van der Waals surface area contributed by atoms with Crippen molar-refractivity contribution in [1.82, 2.24) is 9.88 Å². The van der Waals surface area contributed by atoms with E-state index in [4.69, 9.17) is 15.0 Å². The van der Waals surface area contributed by atoms with Gasteiger partial charge < -0.3 is 25.2 Å². The number of nitrogens with zero attached hydrogens (tertiary/aromatic N) is 1. The van der Waals surface area contributed by atoms with E-state index in [0.29, 0.717) is 24.2 Å². The number of amides is 1. The number of nitrogens with one attached hydrogen (secondary N) is 1. The molecule has 2 rings (SSSR count). The molecule has 1 aromatic heterocycles. The molecule has 2 heterocycles. The predicted octanol–water partition coefficient (Wildman–Crippen LogP) is 0.0144. The lowest BCUT2D eigenvalue weighted by Gasteiger charge is -2.35. The zero-order valence-corrected chi connectivity index (χ0v) is 13.8. The molecular weight excluding hydrogens is 316 g/mol. The summed E-state index contributed by atoms with van der Waals surface area (Å²) in [5.74, 6) is -0.336. The van der Waals surface area contributed by atoms with Crippen LogP contribution in [0.1, 0.15) is 42.2 Å². The summed E-state index contributed by atoms with van der Waals surface area (Å²) < 4.78 is 0. The molecule has 1 fully saturated rings. The van der Waals surface area contributed by atoms with Crippen LogP contribution in [0.2, 0.25) is 0 Å². The van der Waals surface area contributed by atoms with Crippen molar-refractivity contribution in [3.8, 4) is 0 Å². The zero-order valence-electron chi connectivity index (χ0n) is 13.8. The Hall–Kier alpha value is -2.19. The first kappa shape index (κ1) is 19.9. The van der Waals surface area contributed by atoms with Crippen LogP contribution in [0.25, 0.3) is 0 Å². The van der Waals surface area contributed by atoms with Gasteiger partial charge in [-0.05, 0) is 18.4 Å². The number of aromatic amines is 1. The number of hydrogen-bond acceptors (Lipinski definition) is 5. The Morgan fingerprint density at radius 3 is 2.58 bits per heavy atom. The second kappa shape index (κ2) is 9.19. The largest absolute Gasteiger partial charge is 0.483 e. The number of aliphatic hydroxyl groups is 2. The summed E-state index contributed by atoms with van der Waals surface area (Å²) in [6, 6.07) is 2.89. The van der Waals surface area contributed by atoms with Gasteiger partial charge in [0.25, 0.3) is 12.4 Å². The fraction of sp³-hybridized carbons (Fsp3) is 0.562. The van der Waals surface area contributed by atoms with Gasteiger partial charge in [-0.15, -0.1) is 0 Å². The van der Waals surface area contributed by atoms with Crippen molar-refractivity contribution in [3.05, 3.63) is 33.7 Å². The Labute approximate surface area is 139 Å². The molecule has 24 heavy (non-hydrogen) atoms. The highest BCUT2D eigenvalue weighted by Crippen LogP contribution is 2.22. The number of β-amino-alcohol motifs (C(OH)–C–C–N with tert-alkyl or cyclic N) is 1. The highest BCUT2D eigenvalue weighted by Gasteiger charge is 2.31. The second-order valence-electron chi connectivity index (χ2n) is 5.96. The second-order valence-corrected chi connectivity index (χ2v) is 5.96. The Bertz CT molecular complexity index is 613. The lowest BCUT2D eigenvalue weighted by molar-refractivity contribution is -0.122. The highest BCUT2D eigenvalue weighted by molar-refractivity contribution is 5.95. The van der Waals surface area contributed by atoms with Gasteiger partial charge in [0, 0.05) is 37.4 Å². The number of aromatic nitrogens is 1. The normalized spacial score (nSPS) is 20.3. The van der Waals surface area contributed by atoms with Crippen LogP contribution in [0.15, 0.2) is 16.9 Å². The molecular formula is C16H24N2O6. The van der Waals surface area contributed by atoms with Gasteiger partial charge in [0.05, 0.1) is 11.7 Å². The number of carbonyl (C=O) groups excluding carboxylic acids is 1. The summed E-state index contributed by atoms with van der Waals surface area (Å²) in [6.07, 6.45) is -0.137. The van der Waals surface area contributed by atoms with Crippen molar-refractivity contribution in [2.75, 3.05) is 19.7 Å². The van der Waals surface area contributed by atoms with Crippen molar-refractivity contribution in [3.63, 3.8) is 0 Å². The molecule has 1 amide bonds. The maximum absolute atomic E-state index is 12.6. The molecule has 1 aliphatic heterocycles. The van der Waals surface area contributed by atoms with Crippen molar-refractivity contribution < 1.29 is 24.9 Å². The van der Waals surface area contributed by atoms with Crippen LogP contribution in [-0.4, -0.2) is 63.4 Å². The first-order valence-corrected chi connectivity index (χ1v) is 7.74. The van der Waals surface area contributed by atoms with Gasteiger partial charge in [-0.3, -0.25) is 14.4 Å². The van der Waals surface area contributed by atoms with Gasteiger partial charge in [0.2, 0.25) is 5.56 Å². The highest BCUT2D eigenvalue weighted by atomic mass is 16.3. The minimum atomic E-state index is -0.710. The Balaban J connectivity index is 0.000000891. The maximum atomic E-state index is 12.6. The average Bonchev–Trinajstić information content (AvgIpc) is 2.54. The summed E-state index contributed by atoms with van der Waals surface area (Å²) in [6.45, 7) is 4.21. The van der Waals surface area contributed by atoms with E-state index in [0.717, 1.165) is 0 Å². The number of likely N-dealkylation sites (tertiary alicyclic amines) is 1. The van der Waals surface area contributed by atoms with Crippen molar-refractivity contribution in [2.24, 2.45) is 5.92 Å². The summed E-state index contributed by atoms with van der Waals surface area (Å²) in [5.41, 5.74) is 0.861. The lowest BCUT2D eigenvalue weighted by Crippen LogP contribution is -2.47. The van der Waals surface area contributed by atoms with Gasteiger partial charge in [-0.1, -0.05) is 13.8 Å². The van der Waals surface area contributed by atoms with E-state index in [-0.39, 0.29) is 42.9 Å². The van der Waals surface area contributed by atoms with E-state index < -0.39 is 6.10 Å². The molecule has 2 atom stereocenters. The van der Waals surface area contributed by atoms with E-state index in [2.05, 4.69) is 4.98 Å². The molecule has 0 radical (unpaired) electrons. The minimum Gasteiger partial charge on any atom is -0.483 e. The molecule has 0 aromatic carbocycles. The number of rotatable bonds is 3. The van der Waals surface area contributed by atoms with Crippen LogP contribution in [0, 0.1) is 5.92 Å². The van der Waals surface area contributed by atoms with E-state index in [9.17, 15) is 14.7 Å². The van der Waals surface area contributed by atoms with Gasteiger partial charge in [0.1, 0.15) is 0 Å². The van der Waals surface area contributed by atoms with E-state index in [1.807, 2.05) is 13.8 Å². The smallest absolute Gasteiger partial charge is 0.290 e. The number of aliphatic hydroxyl groups excluding tert-OH is 2. The summed E-state index contributed by atoms with van der Waals surface area (Å²) >= 11 is 0. The Morgan fingerprint density at radius 1 is 1.46 bits per heavy atom. The fourth-order valence-electron chi connectivity index (χ4n) is 2.68. The molecule has 1 aliphatic rings. The number of carboxylic acid groups (broad SMARTS) is 1. The van der Waals surface area contributed by atoms with Crippen LogP contribution in [0.4, 0.5) is 0 Å². The molecule has 0 unspecified atom stereocenters. The van der Waals surface area contributed by atoms with Crippen molar-refractivity contribution >= 4 is 12.4 Å². The van der Waals surface area contributed by atoms with Crippen LogP contribution >= 0.6 is 0 Å². The van der Waals surface area contributed by atoms with Crippen LogP contribution in [0.5, 0.6) is 0 Å². The number of piperidine rings is 1. The predicted molar refractivity (Wildman–Crippen MR) is 86.9 cm³/mol. The Kier molecular flexibility index (Phi) is 7.60. The molecule has 4 N–H and O–H groups in total. The van der Waals surface area contributed by atoms with Crippen LogP contribution in [-0.2, 0) is 4.79 Å². The number of hydrogen-bond donors (Lipinski definition) is 4. The number of H-pyrrole nitrogens is 1. The van der Waals surface area contributed by atoms with Crippen LogP contribution < -0.4 is 5.56 Å². The van der Waals surface area contributed by atoms with Gasteiger partial charge in [-0.25, -0.2) is 0 Å². The zero-order chi connectivity index (χ0) is 18.3. The van der Waals surface area contributed by atoms with Gasteiger partial charge in [0.15, 0.2) is 0 Å². The molecule has 0 bridgehead atoms. The molecule has 134 valence electrons. The van der Waals surface area contributed by atoms with Crippen molar-refractivity contribution in [2.45, 2.75) is 32.3 Å². The molecule has 0 spiro atoms. The van der Waals surface area contributed by atoms with Gasteiger partial charge in [-0.2, -0.15) is 0 Å². The molecule has 8 heteroatoms. The first-order chi connectivity index (χ1) is 11.3. The Morgan fingerprint density at radius 2 is 2.08 bits per heavy atom. The quantitative estimate of drug-likeness (QED) is 0.574. The summed E-state index contributed by atoms with van der Waals surface area (Å²) in [4.78, 5) is 36.7. The third-order valence-electron chi connectivity index (χ3n) is 4.00. The SMILES string of the molecule is CC(C)c1[nH]c(=O)ccc1C(=O)N1CC[C@H](CO)[C@H](O)C1.O=CO. The molecule has 0 aliphatic carbocycles. The number of pyridine rings is 1. The molecule has 0 saturated carbocycles. The van der Waals surface area contributed by atoms with E-state index >= 15 is 0 Å². The van der Waals surface area contributed by atoms with Gasteiger partial charge >= 0.3 is 0 Å². The summed E-state index contributed by atoms with van der Waals surface area (Å²) in [7, 11) is 0. The average molecular weight is 340 g/mol.